The standard InChI is InChI=1S/C50H76O3/c1-45(2,3)32-43(48(9,10)24-23-47(7,8)33-42(46(4,5)6)38-11-15-40(51)16-12-38)39-13-17-41(18-14-39)52-44(49-21-19-34(28-49)20-22-49)53-50-29-35-25-36(30-50)27-37(26-35)31-50/h11-18,34-37,42-44,51H,19-33H2,1-10H3. The Kier molecular flexibility index (Phi) is 10.5. The molecule has 2 aromatic rings. The Hall–Kier alpha value is -2.00. The molecule has 3 unspecified atom stereocenters. The van der Waals surface area contributed by atoms with E-state index in [1.54, 1.807) is 0 Å². The van der Waals surface area contributed by atoms with Gasteiger partial charge in [0.05, 0.1) is 5.60 Å². The average Bonchev–Trinajstić information content (AvgIpc) is 3.68. The summed E-state index contributed by atoms with van der Waals surface area (Å²) < 4.78 is 14.6. The van der Waals surface area contributed by atoms with Crippen LogP contribution in [0.2, 0.25) is 0 Å². The van der Waals surface area contributed by atoms with Gasteiger partial charge in [-0.1, -0.05) is 93.5 Å². The summed E-state index contributed by atoms with van der Waals surface area (Å²) in [6.45, 7) is 24.3. The van der Waals surface area contributed by atoms with E-state index in [4.69, 9.17) is 9.47 Å². The third kappa shape index (κ3) is 8.86. The Balaban J connectivity index is 1.07. The monoisotopic (exact) mass is 725 g/mol. The van der Waals surface area contributed by atoms with Gasteiger partial charge in [-0.2, -0.15) is 0 Å². The zero-order chi connectivity index (χ0) is 38.0. The third-order valence-electron chi connectivity index (χ3n) is 15.5. The minimum absolute atomic E-state index is 0.0569. The van der Waals surface area contributed by atoms with Crippen molar-refractivity contribution in [3.8, 4) is 11.5 Å². The molecular weight excluding hydrogens is 649 g/mol. The first kappa shape index (κ1) is 39.2. The van der Waals surface area contributed by atoms with Crippen LogP contribution >= 0.6 is 0 Å². The number of aromatic hydroxyl groups is 1. The van der Waals surface area contributed by atoms with Crippen LogP contribution in [0.15, 0.2) is 48.5 Å². The number of benzene rings is 2. The summed E-state index contributed by atoms with van der Waals surface area (Å²) in [6, 6.07) is 17.4. The lowest BCUT2D eigenvalue weighted by Gasteiger charge is -2.57. The maximum absolute atomic E-state index is 9.98. The molecule has 0 radical (unpaired) electrons. The van der Waals surface area contributed by atoms with Crippen molar-refractivity contribution in [2.24, 2.45) is 50.7 Å². The number of hydrogen-bond acceptors (Lipinski definition) is 3. The van der Waals surface area contributed by atoms with E-state index in [1.807, 2.05) is 12.1 Å². The second kappa shape index (κ2) is 14.2. The SMILES string of the molecule is CC(C)(C)CC(c1ccc(OC(OC23CC4CC(CC(C4)C2)C3)C23CCC(CC2)C3)cc1)C(C)(C)CCC(C)(C)CC(c1ccc(O)cc1)C(C)(C)C. The molecule has 0 heterocycles. The van der Waals surface area contributed by atoms with E-state index in [-0.39, 0.29) is 39.0 Å². The Labute approximate surface area is 324 Å². The quantitative estimate of drug-likeness (QED) is 0.197. The van der Waals surface area contributed by atoms with E-state index in [2.05, 4.69) is 106 Å². The van der Waals surface area contributed by atoms with Crippen molar-refractivity contribution < 1.29 is 14.6 Å². The van der Waals surface area contributed by atoms with E-state index >= 15 is 0 Å². The fraction of sp³-hybridized carbons (Fsp3) is 0.760. The van der Waals surface area contributed by atoms with Gasteiger partial charge < -0.3 is 14.6 Å². The van der Waals surface area contributed by atoms with Gasteiger partial charge in [-0.25, -0.2) is 0 Å². The predicted molar refractivity (Wildman–Crippen MR) is 220 cm³/mol. The van der Waals surface area contributed by atoms with Crippen LogP contribution in [-0.2, 0) is 4.74 Å². The average molecular weight is 725 g/mol. The summed E-state index contributed by atoms with van der Waals surface area (Å²) in [5.74, 6) is 5.74. The molecule has 53 heavy (non-hydrogen) atoms. The molecule has 6 bridgehead atoms. The second-order valence-electron chi connectivity index (χ2n) is 23.4. The highest BCUT2D eigenvalue weighted by molar-refractivity contribution is 5.32. The number of phenolic OH excluding ortho intramolecular Hbond substituents is 1. The normalized spacial score (nSPS) is 31.5. The minimum atomic E-state index is -0.111. The minimum Gasteiger partial charge on any atom is -0.508 e. The Morgan fingerprint density at radius 2 is 1.17 bits per heavy atom. The van der Waals surface area contributed by atoms with Crippen LogP contribution in [0.4, 0.5) is 0 Å². The number of fused-ring (bicyclic) bond motifs is 2. The molecule has 6 fully saturated rings. The maximum atomic E-state index is 9.98. The zero-order valence-electron chi connectivity index (χ0n) is 35.5. The fourth-order valence-electron chi connectivity index (χ4n) is 12.7. The predicted octanol–water partition coefficient (Wildman–Crippen LogP) is 14.2. The molecule has 0 aliphatic heterocycles. The number of hydrogen-bond donors (Lipinski definition) is 1. The van der Waals surface area contributed by atoms with Gasteiger partial charge in [0.25, 0.3) is 0 Å². The van der Waals surface area contributed by atoms with E-state index in [0.717, 1.165) is 42.3 Å². The van der Waals surface area contributed by atoms with Gasteiger partial charge in [0.15, 0.2) is 0 Å². The Bertz CT molecular complexity index is 1490. The van der Waals surface area contributed by atoms with Gasteiger partial charge in [-0.15, -0.1) is 0 Å². The second-order valence-corrected chi connectivity index (χ2v) is 23.4. The molecule has 294 valence electrons. The molecule has 0 amide bonds. The molecule has 3 nitrogen and oxygen atoms in total. The molecular formula is C50H76O3. The van der Waals surface area contributed by atoms with Gasteiger partial charge in [0, 0.05) is 5.41 Å². The van der Waals surface area contributed by atoms with Crippen LogP contribution in [0.25, 0.3) is 0 Å². The lowest BCUT2D eigenvalue weighted by molar-refractivity contribution is -0.265. The molecule has 6 aliphatic rings. The molecule has 3 heteroatoms. The molecule has 1 N–H and O–H groups in total. The lowest BCUT2D eigenvalue weighted by Crippen LogP contribution is -2.56. The molecule has 2 aromatic carbocycles. The molecule has 0 saturated heterocycles. The van der Waals surface area contributed by atoms with Crippen molar-refractivity contribution in [2.75, 3.05) is 0 Å². The first-order valence-electron chi connectivity index (χ1n) is 21.9. The summed E-state index contributed by atoms with van der Waals surface area (Å²) in [5.41, 5.74) is 3.72. The summed E-state index contributed by atoms with van der Waals surface area (Å²) >= 11 is 0. The Morgan fingerprint density at radius 3 is 1.66 bits per heavy atom. The highest BCUT2D eigenvalue weighted by atomic mass is 16.7. The number of rotatable bonds is 14. The highest BCUT2D eigenvalue weighted by Crippen LogP contribution is 2.62. The van der Waals surface area contributed by atoms with Crippen molar-refractivity contribution in [3.05, 3.63) is 59.7 Å². The largest absolute Gasteiger partial charge is 0.508 e. The zero-order valence-corrected chi connectivity index (χ0v) is 35.5. The van der Waals surface area contributed by atoms with Crippen molar-refractivity contribution in [2.45, 2.75) is 189 Å². The van der Waals surface area contributed by atoms with Crippen LogP contribution < -0.4 is 4.74 Å². The van der Waals surface area contributed by atoms with Crippen molar-refractivity contribution in [1.29, 1.82) is 0 Å². The molecule has 8 rings (SSSR count). The van der Waals surface area contributed by atoms with Gasteiger partial charge in [-0.3, -0.25) is 0 Å². The van der Waals surface area contributed by atoms with Crippen molar-refractivity contribution in [3.63, 3.8) is 0 Å². The van der Waals surface area contributed by atoms with Gasteiger partial charge in [0.1, 0.15) is 11.5 Å². The maximum Gasteiger partial charge on any atom is 0.206 e. The van der Waals surface area contributed by atoms with Crippen molar-refractivity contribution in [1.82, 2.24) is 0 Å². The van der Waals surface area contributed by atoms with Crippen LogP contribution in [0.3, 0.4) is 0 Å². The van der Waals surface area contributed by atoms with Crippen LogP contribution in [-0.4, -0.2) is 17.0 Å². The molecule has 6 saturated carbocycles. The van der Waals surface area contributed by atoms with E-state index in [1.165, 1.54) is 94.6 Å². The summed E-state index contributed by atoms with van der Waals surface area (Å²) in [7, 11) is 0. The van der Waals surface area contributed by atoms with E-state index in [0.29, 0.717) is 17.6 Å². The van der Waals surface area contributed by atoms with E-state index < -0.39 is 0 Å². The Morgan fingerprint density at radius 1 is 0.642 bits per heavy atom. The van der Waals surface area contributed by atoms with Crippen LogP contribution in [0.1, 0.15) is 189 Å². The molecule has 3 atom stereocenters. The summed E-state index contributed by atoms with van der Waals surface area (Å²) in [6.07, 6.45) is 19.2. The smallest absolute Gasteiger partial charge is 0.206 e. The highest BCUT2D eigenvalue weighted by Gasteiger charge is 2.58. The lowest BCUT2D eigenvalue weighted by atomic mass is 9.54. The molecule has 0 aromatic heterocycles. The number of phenols is 1. The van der Waals surface area contributed by atoms with Gasteiger partial charge in [-0.05, 0) is 189 Å². The fourth-order valence-corrected chi connectivity index (χ4v) is 12.7. The number of ether oxygens (including phenoxy) is 2. The van der Waals surface area contributed by atoms with Gasteiger partial charge in [0.2, 0.25) is 6.29 Å². The van der Waals surface area contributed by atoms with Crippen LogP contribution in [0.5, 0.6) is 11.5 Å². The third-order valence-corrected chi connectivity index (χ3v) is 15.5. The van der Waals surface area contributed by atoms with Crippen LogP contribution in [0, 0.1) is 50.7 Å². The first-order chi connectivity index (χ1) is 24.7. The first-order valence-corrected chi connectivity index (χ1v) is 21.9. The molecule has 6 aliphatic carbocycles. The summed E-state index contributed by atoms with van der Waals surface area (Å²) in [5, 5.41) is 9.98. The van der Waals surface area contributed by atoms with E-state index in [9.17, 15) is 5.11 Å². The summed E-state index contributed by atoms with van der Waals surface area (Å²) in [4.78, 5) is 0. The van der Waals surface area contributed by atoms with Crippen molar-refractivity contribution >= 4 is 0 Å². The molecule has 0 spiro atoms. The topological polar surface area (TPSA) is 38.7 Å². The van der Waals surface area contributed by atoms with Gasteiger partial charge >= 0.3 is 0 Å².